The number of hydrogen-bond acceptors (Lipinski definition) is 4. The van der Waals surface area contributed by atoms with Gasteiger partial charge in [-0.05, 0) is 50.2 Å². The molecule has 6 nitrogen and oxygen atoms in total. The molecule has 2 N–H and O–H groups in total. The molecule has 0 heterocycles. The smallest absolute Gasteiger partial charge is 0.279 e. The van der Waals surface area contributed by atoms with Crippen LogP contribution in [-0.2, 0) is 4.79 Å². The molecule has 1 unspecified atom stereocenters. The van der Waals surface area contributed by atoms with Crippen LogP contribution in [0.1, 0.15) is 24.2 Å². The van der Waals surface area contributed by atoms with Crippen molar-refractivity contribution in [2.75, 3.05) is 6.61 Å². The SMILES string of the molecule is CCOc1ccc(OC(C)C(=O)NNC(=O)c2ccc(F)cc2F)cc1. The lowest BCUT2D eigenvalue weighted by atomic mass is 10.2. The summed E-state index contributed by atoms with van der Waals surface area (Å²) in [4.78, 5) is 23.8. The van der Waals surface area contributed by atoms with Gasteiger partial charge in [0.1, 0.15) is 23.1 Å². The molecule has 1 atom stereocenters. The summed E-state index contributed by atoms with van der Waals surface area (Å²) >= 11 is 0. The van der Waals surface area contributed by atoms with Gasteiger partial charge < -0.3 is 9.47 Å². The van der Waals surface area contributed by atoms with Crippen molar-refractivity contribution in [3.05, 3.63) is 59.7 Å². The summed E-state index contributed by atoms with van der Waals surface area (Å²) in [6, 6.07) is 9.17. The van der Waals surface area contributed by atoms with Crippen LogP contribution in [0.25, 0.3) is 0 Å². The third-order valence-corrected chi connectivity index (χ3v) is 3.29. The van der Waals surface area contributed by atoms with Crippen LogP contribution >= 0.6 is 0 Å². The van der Waals surface area contributed by atoms with Gasteiger partial charge in [-0.25, -0.2) is 8.78 Å². The van der Waals surface area contributed by atoms with Crippen molar-refractivity contribution < 1.29 is 27.8 Å². The Balaban J connectivity index is 1.87. The van der Waals surface area contributed by atoms with E-state index in [9.17, 15) is 18.4 Å². The highest BCUT2D eigenvalue weighted by Crippen LogP contribution is 2.18. The van der Waals surface area contributed by atoms with Crippen molar-refractivity contribution in [3.8, 4) is 11.5 Å². The fourth-order valence-electron chi connectivity index (χ4n) is 2.00. The monoisotopic (exact) mass is 364 g/mol. The number of hydrogen-bond donors (Lipinski definition) is 2. The van der Waals surface area contributed by atoms with E-state index in [0.717, 1.165) is 12.1 Å². The summed E-state index contributed by atoms with van der Waals surface area (Å²) in [6.07, 6.45) is -0.925. The second kappa shape index (κ2) is 8.80. The number of nitrogens with one attached hydrogen (secondary N) is 2. The van der Waals surface area contributed by atoms with E-state index in [1.807, 2.05) is 6.92 Å². The molecule has 2 rings (SSSR count). The number of carbonyl (C=O) groups is 2. The molecule has 0 spiro atoms. The number of amides is 2. The van der Waals surface area contributed by atoms with Gasteiger partial charge in [0, 0.05) is 6.07 Å². The van der Waals surface area contributed by atoms with Crippen molar-refractivity contribution in [2.45, 2.75) is 20.0 Å². The second-order valence-corrected chi connectivity index (χ2v) is 5.23. The molecule has 0 saturated carbocycles. The summed E-state index contributed by atoms with van der Waals surface area (Å²) in [5, 5.41) is 0. The Bertz CT molecular complexity index is 781. The van der Waals surface area contributed by atoms with E-state index in [2.05, 4.69) is 10.9 Å². The number of benzene rings is 2. The number of carbonyl (C=O) groups excluding carboxylic acids is 2. The molecule has 8 heteroatoms. The fraction of sp³-hybridized carbons (Fsp3) is 0.222. The molecule has 0 aliphatic carbocycles. The Labute approximate surface area is 149 Å². The van der Waals surface area contributed by atoms with Gasteiger partial charge in [-0.3, -0.25) is 20.4 Å². The van der Waals surface area contributed by atoms with Gasteiger partial charge in [-0.15, -0.1) is 0 Å². The Kier molecular flexibility index (Phi) is 6.48. The molecule has 0 fully saturated rings. The highest BCUT2D eigenvalue weighted by Gasteiger charge is 2.17. The lowest BCUT2D eigenvalue weighted by Gasteiger charge is -2.15. The van der Waals surface area contributed by atoms with Crippen molar-refractivity contribution >= 4 is 11.8 Å². The van der Waals surface area contributed by atoms with Crippen LogP contribution in [0.3, 0.4) is 0 Å². The molecule has 26 heavy (non-hydrogen) atoms. The number of rotatable bonds is 6. The topological polar surface area (TPSA) is 76.7 Å². The Hall–Kier alpha value is -3.16. The first-order chi connectivity index (χ1) is 12.4. The minimum absolute atomic E-state index is 0.396. The zero-order valence-corrected chi connectivity index (χ0v) is 14.2. The lowest BCUT2D eigenvalue weighted by molar-refractivity contribution is -0.128. The summed E-state index contributed by atoms with van der Waals surface area (Å²) in [7, 11) is 0. The summed E-state index contributed by atoms with van der Waals surface area (Å²) in [5.74, 6) is -2.28. The van der Waals surface area contributed by atoms with Gasteiger partial charge in [0.2, 0.25) is 0 Å². The number of ether oxygens (including phenoxy) is 2. The normalized spacial score (nSPS) is 11.4. The van der Waals surface area contributed by atoms with Crippen LogP contribution in [0.15, 0.2) is 42.5 Å². The van der Waals surface area contributed by atoms with Gasteiger partial charge in [-0.2, -0.15) is 0 Å². The summed E-state index contributed by atoms with van der Waals surface area (Å²) in [6.45, 7) is 3.88. The van der Waals surface area contributed by atoms with Gasteiger partial charge in [0.15, 0.2) is 6.10 Å². The first-order valence-corrected chi connectivity index (χ1v) is 7.85. The van der Waals surface area contributed by atoms with Crippen LogP contribution in [0, 0.1) is 11.6 Å². The molecule has 2 amide bonds. The van der Waals surface area contributed by atoms with E-state index in [-0.39, 0.29) is 0 Å². The molecule has 0 bridgehead atoms. The van der Waals surface area contributed by atoms with E-state index < -0.39 is 35.1 Å². The molecule has 0 radical (unpaired) electrons. The summed E-state index contributed by atoms with van der Waals surface area (Å²) in [5.41, 5.74) is 3.78. The Morgan fingerprint density at radius 1 is 1.04 bits per heavy atom. The minimum atomic E-state index is -1.03. The quantitative estimate of drug-likeness (QED) is 0.773. The van der Waals surface area contributed by atoms with Crippen LogP contribution in [0.5, 0.6) is 11.5 Å². The van der Waals surface area contributed by atoms with Gasteiger partial charge in [0.05, 0.1) is 12.2 Å². The molecular formula is C18H18F2N2O4. The Morgan fingerprint density at radius 3 is 2.31 bits per heavy atom. The first kappa shape index (κ1) is 19.2. The van der Waals surface area contributed by atoms with E-state index in [0.29, 0.717) is 24.2 Å². The Morgan fingerprint density at radius 2 is 1.69 bits per heavy atom. The second-order valence-electron chi connectivity index (χ2n) is 5.23. The maximum atomic E-state index is 13.5. The van der Waals surface area contributed by atoms with Gasteiger partial charge in [-0.1, -0.05) is 0 Å². The van der Waals surface area contributed by atoms with Gasteiger partial charge in [0.25, 0.3) is 11.8 Å². The zero-order valence-electron chi connectivity index (χ0n) is 14.2. The molecule has 0 aliphatic heterocycles. The molecule has 0 aromatic heterocycles. The molecule has 2 aromatic carbocycles. The van der Waals surface area contributed by atoms with Crippen LogP contribution in [-0.4, -0.2) is 24.5 Å². The van der Waals surface area contributed by atoms with Crippen LogP contribution < -0.4 is 20.3 Å². The fourth-order valence-corrected chi connectivity index (χ4v) is 2.00. The van der Waals surface area contributed by atoms with Crippen molar-refractivity contribution in [2.24, 2.45) is 0 Å². The van der Waals surface area contributed by atoms with Crippen molar-refractivity contribution in [1.82, 2.24) is 10.9 Å². The van der Waals surface area contributed by atoms with E-state index in [1.165, 1.54) is 6.92 Å². The third kappa shape index (κ3) is 5.17. The maximum Gasteiger partial charge on any atom is 0.279 e. The standard InChI is InChI=1S/C18H18F2N2O4/c1-3-25-13-5-7-14(8-6-13)26-11(2)17(23)21-22-18(24)15-9-4-12(19)10-16(15)20/h4-11H,3H2,1-2H3,(H,21,23)(H,22,24). The molecule has 0 aliphatic rings. The zero-order chi connectivity index (χ0) is 19.1. The first-order valence-electron chi connectivity index (χ1n) is 7.85. The van der Waals surface area contributed by atoms with Crippen molar-refractivity contribution in [3.63, 3.8) is 0 Å². The average molecular weight is 364 g/mol. The van der Waals surface area contributed by atoms with E-state index in [1.54, 1.807) is 24.3 Å². The molecule has 138 valence electrons. The predicted octanol–water partition coefficient (Wildman–Crippen LogP) is 2.59. The third-order valence-electron chi connectivity index (χ3n) is 3.29. The molecule has 0 saturated heterocycles. The van der Waals surface area contributed by atoms with Gasteiger partial charge >= 0.3 is 0 Å². The van der Waals surface area contributed by atoms with Crippen LogP contribution in [0.2, 0.25) is 0 Å². The largest absolute Gasteiger partial charge is 0.494 e. The molecule has 2 aromatic rings. The highest BCUT2D eigenvalue weighted by molar-refractivity contribution is 5.96. The predicted molar refractivity (Wildman–Crippen MR) is 89.7 cm³/mol. The van der Waals surface area contributed by atoms with E-state index in [4.69, 9.17) is 9.47 Å². The average Bonchev–Trinajstić information content (AvgIpc) is 2.61. The number of hydrazine groups is 1. The van der Waals surface area contributed by atoms with E-state index >= 15 is 0 Å². The molecular weight excluding hydrogens is 346 g/mol. The highest BCUT2D eigenvalue weighted by atomic mass is 19.1. The minimum Gasteiger partial charge on any atom is -0.494 e. The lowest BCUT2D eigenvalue weighted by Crippen LogP contribution is -2.47. The summed E-state index contributed by atoms with van der Waals surface area (Å²) < 4.78 is 37.1. The van der Waals surface area contributed by atoms with Crippen molar-refractivity contribution in [1.29, 1.82) is 0 Å². The number of halogens is 2. The van der Waals surface area contributed by atoms with Crippen LogP contribution in [0.4, 0.5) is 8.78 Å². The maximum absolute atomic E-state index is 13.5.